The molecule has 0 spiro atoms. The van der Waals surface area contributed by atoms with Gasteiger partial charge in [-0.25, -0.2) is 4.98 Å². The molecule has 2 heterocycles. The number of rotatable bonds is 0. The quantitative estimate of drug-likeness (QED) is 0.582. The molecule has 11 heavy (non-hydrogen) atoms. The summed E-state index contributed by atoms with van der Waals surface area (Å²) in [6, 6.07) is 2.11. The molecule has 0 amide bonds. The molecule has 0 fully saturated rings. The Bertz CT molecular complexity index is 270. The van der Waals surface area contributed by atoms with Crippen LogP contribution in [0.4, 0.5) is 11.5 Å². The highest BCUT2D eigenvalue weighted by Crippen LogP contribution is 2.21. The Labute approximate surface area is 65.8 Å². The van der Waals surface area contributed by atoms with Crippen LogP contribution in [0.15, 0.2) is 12.3 Å². The Kier molecular flexibility index (Phi) is 1.42. The zero-order chi connectivity index (χ0) is 7.68. The normalized spacial score (nSPS) is 14.6. The van der Waals surface area contributed by atoms with Crippen LogP contribution < -0.4 is 10.6 Å². The second kappa shape index (κ2) is 2.42. The third-order valence-corrected chi connectivity index (χ3v) is 1.76. The number of aromatic nitrogens is 1. The van der Waals surface area contributed by atoms with Crippen LogP contribution in [0.25, 0.3) is 0 Å². The van der Waals surface area contributed by atoms with Gasteiger partial charge in [-0.2, -0.15) is 0 Å². The Hall–Kier alpha value is -1.25. The Morgan fingerprint density at radius 3 is 3.09 bits per heavy atom. The van der Waals surface area contributed by atoms with Crippen LogP contribution in [-0.2, 0) is 0 Å². The van der Waals surface area contributed by atoms with E-state index in [1.807, 2.05) is 13.1 Å². The fraction of sp³-hybridized carbons (Fsp3) is 0.375. The molecular weight excluding hydrogens is 138 g/mol. The zero-order valence-corrected chi connectivity index (χ0v) is 6.52. The standard InChI is InChI=1S/C8H11N3/c1-6-4-7-8(11-5-6)10-3-2-9-7/h4-5,9H,2-3H2,1H3,(H,10,11). The summed E-state index contributed by atoms with van der Waals surface area (Å²) in [6.07, 6.45) is 1.87. The third kappa shape index (κ3) is 1.13. The van der Waals surface area contributed by atoms with Crippen molar-refractivity contribution in [2.24, 2.45) is 0 Å². The lowest BCUT2D eigenvalue weighted by molar-refractivity contribution is 1.01. The second-order valence-corrected chi connectivity index (χ2v) is 2.76. The maximum Gasteiger partial charge on any atom is 0.149 e. The second-order valence-electron chi connectivity index (χ2n) is 2.76. The first-order valence-corrected chi connectivity index (χ1v) is 3.80. The topological polar surface area (TPSA) is 37.0 Å². The maximum absolute atomic E-state index is 4.25. The van der Waals surface area contributed by atoms with E-state index in [0.717, 1.165) is 24.6 Å². The van der Waals surface area contributed by atoms with Gasteiger partial charge in [0.25, 0.3) is 0 Å². The smallest absolute Gasteiger partial charge is 0.149 e. The van der Waals surface area contributed by atoms with Gasteiger partial charge in [-0.1, -0.05) is 0 Å². The van der Waals surface area contributed by atoms with E-state index in [-0.39, 0.29) is 0 Å². The summed E-state index contributed by atoms with van der Waals surface area (Å²) in [5, 5.41) is 6.49. The first-order chi connectivity index (χ1) is 5.36. The Morgan fingerprint density at radius 1 is 1.36 bits per heavy atom. The average molecular weight is 149 g/mol. The number of hydrogen-bond donors (Lipinski definition) is 2. The van der Waals surface area contributed by atoms with Crippen molar-refractivity contribution in [1.82, 2.24) is 4.98 Å². The van der Waals surface area contributed by atoms with Gasteiger partial charge in [0.2, 0.25) is 0 Å². The van der Waals surface area contributed by atoms with E-state index in [9.17, 15) is 0 Å². The number of hydrogen-bond acceptors (Lipinski definition) is 3. The fourth-order valence-electron chi connectivity index (χ4n) is 1.22. The highest BCUT2D eigenvalue weighted by Gasteiger charge is 2.07. The summed E-state index contributed by atoms with van der Waals surface area (Å²) < 4.78 is 0. The molecule has 58 valence electrons. The van der Waals surface area contributed by atoms with Crippen molar-refractivity contribution >= 4 is 11.5 Å². The molecule has 0 saturated heterocycles. The number of aryl methyl sites for hydroxylation is 1. The molecule has 0 radical (unpaired) electrons. The van der Waals surface area contributed by atoms with Crippen LogP contribution in [0.3, 0.4) is 0 Å². The highest BCUT2D eigenvalue weighted by atomic mass is 15.1. The van der Waals surface area contributed by atoms with Crippen LogP contribution >= 0.6 is 0 Å². The number of nitrogens with zero attached hydrogens (tertiary/aromatic N) is 1. The molecular formula is C8H11N3. The van der Waals surface area contributed by atoms with E-state index < -0.39 is 0 Å². The largest absolute Gasteiger partial charge is 0.380 e. The molecule has 1 aliphatic rings. The highest BCUT2D eigenvalue weighted by molar-refractivity contribution is 5.66. The molecule has 3 nitrogen and oxygen atoms in total. The van der Waals surface area contributed by atoms with Gasteiger partial charge < -0.3 is 10.6 Å². The van der Waals surface area contributed by atoms with Gasteiger partial charge in [-0.05, 0) is 18.6 Å². The lowest BCUT2D eigenvalue weighted by Gasteiger charge is -2.18. The van der Waals surface area contributed by atoms with Crippen molar-refractivity contribution < 1.29 is 0 Å². The summed E-state index contributed by atoms with van der Waals surface area (Å²) >= 11 is 0. The van der Waals surface area contributed by atoms with E-state index in [2.05, 4.69) is 21.7 Å². The summed E-state index contributed by atoms with van der Waals surface area (Å²) in [4.78, 5) is 4.25. The van der Waals surface area contributed by atoms with E-state index in [0.29, 0.717) is 0 Å². The van der Waals surface area contributed by atoms with Crippen LogP contribution in [0, 0.1) is 6.92 Å². The van der Waals surface area contributed by atoms with E-state index in [1.165, 1.54) is 5.56 Å². The molecule has 0 aliphatic carbocycles. The van der Waals surface area contributed by atoms with Crippen molar-refractivity contribution in [3.8, 4) is 0 Å². The number of nitrogens with one attached hydrogen (secondary N) is 2. The first-order valence-electron chi connectivity index (χ1n) is 3.80. The van der Waals surface area contributed by atoms with Gasteiger partial charge in [0, 0.05) is 19.3 Å². The van der Waals surface area contributed by atoms with Crippen molar-refractivity contribution in [3.05, 3.63) is 17.8 Å². The third-order valence-electron chi connectivity index (χ3n) is 1.76. The summed E-state index contributed by atoms with van der Waals surface area (Å²) in [5.41, 5.74) is 2.32. The number of anilines is 2. The predicted molar refractivity (Wildman–Crippen MR) is 46.0 cm³/mol. The van der Waals surface area contributed by atoms with E-state index in [1.54, 1.807) is 0 Å². The summed E-state index contributed by atoms with van der Waals surface area (Å²) in [5.74, 6) is 0.974. The SMILES string of the molecule is Cc1cnc2c(c1)NCCN2. The number of pyridine rings is 1. The van der Waals surface area contributed by atoms with Crippen LogP contribution in [0.1, 0.15) is 5.56 Å². The van der Waals surface area contributed by atoms with Crippen LogP contribution in [0.5, 0.6) is 0 Å². The molecule has 0 bridgehead atoms. The summed E-state index contributed by atoms with van der Waals surface area (Å²) in [6.45, 7) is 3.99. The van der Waals surface area contributed by atoms with Gasteiger partial charge >= 0.3 is 0 Å². The molecule has 2 rings (SSSR count). The molecule has 2 N–H and O–H groups in total. The lowest BCUT2D eigenvalue weighted by atomic mass is 10.2. The van der Waals surface area contributed by atoms with E-state index in [4.69, 9.17) is 0 Å². The molecule has 1 aromatic rings. The minimum atomic E-state index is 0.961. The fourth-order valence-corrected chi connectivity index (χ4v) is 1.22. The van der Waals surface area contributed by atoms with Crippen molar-refractivity contribution in [3.63, 3.8) is 0 Å². The van der Waals surface area contributed by atoms with Gasteiger partial charge in [-0.3, -0.25) is 0 Å². The Balaban J connectivity index is 2.43. The lowest BCUT2D eigenvalue weighted by Crippen LogP contribution is -2.21. The molecule has 0 atom stereocenters. The molecule has 0 unspecified atom stereocenters. The molecule has 0 saturated carbocycles. The maximum atomic E-state index is 4.25. The first kappa shape index (κ1) is 6.46. The van der Waals surface area contributed by atoms with E-state index >= 15 is 0 Å². The minimum Gasteiger partial charge on any atom is -0.380 e. The molecule has 1 aromatic heterocycles. The zero-order valence-electron chi connectivity index (χ0n) is 6.52. The molecule has 1 aliphatic heterocycles. The Morgan fingerprint density at radius 2 is 2.18 bits per heavy atom. The molecule has 3 heteroatoms. The minimum absolute atomic E-state index is 0.961. The van der Waals surface area contributed by atoms with Crippen LogP contribution in [-0.4, -0.2) is 18.1 Å². The van der Waals surface area contributed by atoms with Crippen molar-refractivity contribution in [2.75, 3.05) is 23.7 Å². The van der Waals surface area contributed by atoms with Crippen molar-refractivity contribution in [2.45, 2.75) is 6.92 Å². The van der Waals surface area contributed by atoms with Gasteiger partial charge in [0.05, 0.1) is 5.69 Å². The monoisotopic (exact) mass is 149 g/mol. The number of fused-ring (bicyclic) bond motifs is 1. The van der Waals surface area contributed by atoms with Gasteiger partial charge in [-0.15, -0.1) is 0 Å². The molecule has 0 aromatic carbocycles. The summed E-state index contributed by atoms with van der Waals surface area (Å²) in [7, 11) is 0. The van der Waals surface area contributed by atoms with Crippen molar-refractivity contribution in [1.29, 1.82) is 0 Å². The van der Waals surface area contributed by atoms with Crippen LogP contribution in [0.2, 0.25) is 0 Å². The predicted octanol–water partition coefficient (Wildman–Crippen LogP) is 1.23. The van der Waals surface area contributed by atoms with Gasteiger partial charge in [0.1, 0.15) is 5.82 Å². The average Bonchev–Trinajstić information content (AvgIpc) is 2.04. The van der Waals surface area contributed by atoms with Gasteiger partial charge in [0.15, 0.2) is 0 Å².